The molecule has 0 aliphatic rings. The monoisotopic (exact) mass is 203 g/mol. The maximum Gasteiger partial charge on any atom is 0.169 e. The van der Waals surface area contributed by atoms with E-state index in [4.69, 9.17) is 5.73 Å². The van der Waals surface area contributed by atoms with Gasteiger partial charge in [0.15, 0.2) is 17.4 Å². The summed E-state index contributed by atoms with van der Waals surface area (Å²) < 4.78 is 38.2. The van der Waals surface area contributed by atoms with Crippen molar-refractivity contribution in [3.05, 3.63) is 35.1 Å². The Balaban J connectivity index is 3.13. The van der Waals surface area contributed by atoms with Crippen LogP contribution in [-0.4, -0.2) is 12.3 Å². The highest BCUT2D eigenvalue weighted by atomic mass is 19.2. The summed E-state index contributed by atoms with van der Waals surface area (Å²) in [4.78, 5) is 11.1. The summed E-state index contributed by atoms with van der Waals surface area (Å²) in [5.41, 5.74) is 4.47. The standard InChI is InChI=1S/C9H8F3NO/c10-5-3-6(8(14)1-2-13)9(12)7(11)4-5/h3-4H,1-2,13H2. The lowest BCUT2D eigenvalue weighted by Crippen LogP contribution is -2.11. The van der Waals surface area contributed by atoms with Crippen LogP contribution in [0.5, 0.6) is 0 Å². The van der Waals surface area contributed by atoms with Crippen LogP contribution in [0, 0.1) is 17.5 Å². The Hall–Kier alpha value is -1.36. The fourth-order valence-electron chi connectivity index (χ4n) is 1.02. The highest BCUT2D eigenvalue weighted by Crippen LogP contribution is 2.15. The molecule has 0 saturated carbocycles. The van der Waals surface area contributed by atoms with E-state index in [1.165, 1.54) is 0 Å². The number of ketones is 1. The topological polar surface area (TPSA) is 43.1 Å². The summed E-state index contributed by atoms with van der Waals surface area (Å²) in [5, 5.41) is 0. The summed E-state index contributed by atoms with van der Waals surface area (Å²) >= 11 is 0. The molecule has 0 aliphatic heterocycles. The average molecular weight is 203 g/mol. The molecule has 0 atom stereocenters. The second-order valence-corrected chi connectivity index (χ2v) is 2.71. The van der Waals surface area contributed by atoms with Gasteiger partial charge in [0.2, 0.25) is 0 Å². The van der Waals surface area contributed by atoms with Crippen molar-refractivity contribution in [3.8, 4) is 0 Å². The normalized spacial score (nSPS) is 10.3. The van der Waals surface area contributed by atoms with Crippen LogP contribution in [-0.2, 0) is 0 Å². The number of carbonyl (C=O) groups excluding carboxylic acids is 1. The Labute approximate surface area is 78.5 Å². The second-order valence-electron chi connectivity index (χ2n) is 2.71. The van der Waals surface area contributed by atoms with Gasteiger partial charge in [0, 0.05) is 12.5 Å². The number of carbonyl (C=O) groups is 1. The summed E-state index contributed by atoms with van der Waals surface area (Å²) in [6.07, 6.45) is -0.139. The molecule has 1 aromatic rings. The molecular formula is C9H8F3NO. The van der Waals surface area contributed by atoms with Crippen molar-refractivity contribution >= 4 is 5.78 Å². The molecule has 0 unspecified atom stereocenters. The van der Waals surface area contributed by atoms with Crippen molar-refractivity contribution in [2.45, 2.75) is 6.42 Å². The van der Waals surface area contributed by atoms with Gasteiger partial charge in [-0.15, -0.1) is 0 Å². The predicted molar refractivity (Wildman–Crippen MR) is 44.3 cm³/mol. The average Bonchev–Trinajstić information content (AvgIpc) is 2.11. The first kappa shape index (κ1) is 10.7. The molecule has 0 radical (unpaired) electrons. The number of hydrogen-bond acceptors (Lipinski definition) is 2. The lowest BCUT2D eigenvalue weighted by Gasteiger charge is -2.02. The van der Waals surface area contributed by atoms with Crippen LogP contribution >= 0.6 is 0 Å². The van der Waals surface area contributed by atoms with Gasteiger partial charge in [0.1, 0.15) is 5.82 Å². The lowest BCUT2D eigenvalue weighted by molar-refractivity contribution is 0.0980. The van der Waals surface area contributed by atoms with E-state index in [2.05, 4.69) is 0 Å². The maximum atomic E-state index is 13.0. The molecule has 2 N–H and O–H groups in total. The van der Waals surface area contributed by atoms with E-state index in [1.54, 1.807) is 0 Å². The molecule has 0 fully saturated rings. The van der Waals surface area contributed by atoms with E-state index in [0.717, 1.165) is 0 Å². The Morgan fingerprint density at radius 2 is 1.93 bits per heavy atom. The first-order valence-electron chi connectivity index (χ1n) is 3.94. The molecule has 0 heterocycles. The molecule has 0 bridgehead atoms. The summed E-state index contributed by atoms with van der Waals surface area (Å²) in [5.74, 6) is -4.39. The van der Waals surface area contributed by atoms with Gasteiger partial charge in [-0.25, -0.2) is 13.2 Å². The number of Topliss-reactive ketones (excluding diaryl/α,β-unsaturated/α-hetero) is 1. The number of nitrogens with two attached hydrogens (primary N) is 1. The van der Waals surface area contributed by atoms with E-state index in [1.807, 2.05) is 0 Å². The van der Waals surface area contributed by atoms with Gasteiger partial charge in [0.05, 0.1) is 5.56 Å². The van der Waals surface area contributed by atoms with Crippen LogP contribution in [0.3, 0.4) is 0 Å². The number of rotatable bonds is 3. The molecule has 0 aliphatic carbocycles. The van der Waals surface area contributed by atoms with E-state index >= 15 is 0 Å². The minimum atomic E-state index is -1.37. The van der Waals surface area contributed by atoms with Crippen LogP contribution in [0.25, 0.3) is 0 Å². The van der Waals surface area contributed by atoms with Gasteiger partial charge in [-0.3, -0.25) is 4.79 Å². The number of hydrogen-bond donors (Lipinski definition) is 1. The van der Waals surface area contributed by atoms with Crippen molar-refractivity contribution in [1.82, 2.24) is 0 Å². The van der Waals surface area contributed by atoms with E-state index in [-0.39, 0.29) is 13.0 Å². The zero-order valence-electron chi connectivity index (χ0n) is 7.19. The smallest absolute Gasteiger partial charge is 0.169 e. The molecule has 0 amide bonds. The van der Waals surface area contributed by atoms with Crippen LogP contribution in [0.2, 0.25) is 0 Å². The van der Waals surface area contributed by atoms with Gasteiger partial charge in [-0.05, 0) is 12.6 Å². The van der Waals surface area contributed by atoms with Crippen molar-refractivity contribution in [1.29, 1.82) is 0 Å². The van der Waals surface area contributed by atoms with Gasteiger partial charge in [0.25, 0.3) is 0 Å². The fourth-order valence-corrected chi connectivity index (χ4v) is 1.02. The van der Waals surface area contributed by atoms with E-state index in [9.17, 15) is 18.0 Å². The molecule has 76 valence electrons. The largest absolute Gasteiger partial charge is 0.330 e. The molecule has 1 rings (SSSR count). The molecule has 5 heteroatoms. The minimum absolute atomic E-state index is 0.0103. The molecule has 0 saturated heterocycles. The third kappa shape index (κ3) is 2.11. The highest BCUT2D eigenvalue weighted by Gasteiger charge is 2.16. The van der Waals surface area contributed by atoms with Crippen LogP contribution < -0.4 is 5.73 Å². The first-order chi connectivity index (χ1) is 6.56. The SMILES string of the molecule is NCCC(=O)c1cc(F)cc(F)c1F. The third-order valence-electron chi connectivity index (χ3n) is 1.66. The van der Waals surface area contributed by atoms with Crippen molar-refractivity contribution in [2.24, 2.45) is 5.73 Å². The van der Waals surface area contributed by atoms with Gasteiger partial charge in [-0.2, -0.15) is 0 Å². The highest BCUT2D eigenvalue weighted by molar-refractivity contribution is 5.96. The molecule has 1 aromatic carbocycles. The lowest BCUT2D eigenvalue weighted by atomic mass is 10.1. The summed E-state index contributed by atoms with van der Waals surface area (Å²) in [7, 11) is 0. The Bertz CT molecular complexity index is 365. The molecule has 0 spiro atoms. The van der Waals surface area contributed by atoms with Gasteiger partial charge in [-0.1, -0.05) is 0 Å². The number of halogens is 3. The van der Waals surface area contributed by atoms with E-state index < -0.39 is 28.8 Å². The Morgan fingerprint density at radius 1 is 1.29 bits per heavy atom. The van der Waals surface area contributed by atoms with Crippen LogP contribution in [0.1, 0.15) is 16.8 Å². The molecule has 2 nitrogen and oxygen atoms in total. The maximum absolute atomic E-state index is 13.0. The molecule has 0 aromatic heterocycles. The van der Waals surface area contributed by atoms with Crippen molar-refractivity contribution < 1.29 is 18.0 Å². The molecule has 14 heavy (non-hydrogen) atoms. The quantitative estimate of drug-likeness (QED) is 0.599. The third-order valence-corrected chi connectivity index (χ3v) is 1.66. The van der Waals surface area contributed by atoms with Gasteiger partial charge >= 0.3 is 0 Å². The zero-order valence-corrected chi connectivity index (χ0v) is 7.19. The first-order valence-corrected chi connectivity index (χ1v) is 3.94. The summed E-state index contributed by atoms with van der Waals surface area (Å²) in [6.45, 7) is 0.0103. The number of benzene rings is 1. The predicted octanol–water partition coefficient (Wildman–Crippen LogP) is 1.64. The van der Waals surface area contributed by atoms with Gasteiger partial charge < -0.3 is 5.73 Å². The van der Waals surface area contributed by atoms with E-state index in [0.29, 0.717) is 12.1 Å². The fraction of sp³-hybridized carbons (Fsp3) is 0.222. The zero-order chi connectivity index (χ0) is 10.7. The van der Waals surface area contributed by atoms with Crippen LogP contribution in [0.15, 0.2) is 12.1 Å². The van der Waals surface area contributed by atoms with Crippen LogP contribution in [0.4, 0.5) is 13.2 Å². The summed E-state index contributed by atoms with van der Waals surface area (Å²) in [6, 6.07) is 1.05. The second kappa shape index (κ2) is 4.23. The Kier molecular flexibility index (Phi) is 3.24. The molecular weight excluding hydrogens is 195 g/mol. The minimum Gasteiger partial charge on any atom is -0.330 e. The van der Waals surface area contributed by atoms with Crippen molar-refractivity contribution in [2.75, 3.05) is 6.54 Å². The Morgan fingerprint density at radius 3 is 2.50 bits per heavy atom. The van der Waals surface area contributed by atoms with Crippen molar-refractivity contribution in [3.63, 3.8) is 0 Å².